The quantitative estimate of drug-likeness (QED) is 0.319. The smallest absolute Gasteiger partial charge is 0.312 e. The summed E-state index contributed by atoms with van der Waals surface area (Å²) in [4.78, 5) is 34.3. The molecule has 1 atom stereocenters. The van der Waals surface area contributed by atoms with Gasteiger partial charge in [0.25, 0.3) is 5.91 Å². The zero-order valence-corrected chi connectivity index (χ0v) is 22.6. The molecular formula is C32H31FN4O3. The third kappa shape index (κ3) is 4.13. The second-order valence-electron chi connectivity index (χ2n) is 11.2. The van der Waals surface area contributed by atoms with Gasteiger partial charge in [-0.3, -0.25) is 9.59 Å². The summed E-state index contributed by atoms with van der Waals surface area (Å²) in [7, 11) is 1.38. The van der Waals surface area contributed by atoms with Gasteiger partial charge in [0.2, 0.25) is 0 Å². The Bertz CT molecular complexity index is 1650. The first-order valence-electron chi connectivity index (χ1n) is 14.0. The van der Waals surface area contributed by atoms with E-state index in [-0.39, 0.29) is 29.7 Å². The van der Waals surface area contributed by atoms with Crippen LogP contribution >= 0.6 is 0 Å². The number of esters is 1. The Labute approximate surface area is 232 Å². The van der Waals surface area contributed by atoms with Crippen molar-refractivity contribution in [3.63, 3.8) is 0 Å². The standard InChI is InChI=1S/C32H31FN4O3/c1-19-25-6-4-3-5-20(25)11-12-37(19)31(38)22-13-27(21-7-8-21)30-34-29(18-36(30)15-22)26-10-9-24(14-28(26)33)35-16-23(17-35)32(39)40-2/h3-6,9-10,13-15,18-19,21,23H,7-8,11-12,16-17H2,1-2H3. The van der Waals surface area contributed by atoms with Crippen LogP contribution in [0.1, 0.15) is 58.8 Å². The van der Waals surface area contributed by atoms with E-state index in [4.69, 9.17) is 9.72 Å². The van der Waals surface area contributed by atoms with Crippen LogP contribution in [0.3, 0.4) is 0 Å². The highest BCUT2D eigenvalue weighted by atomic mass is 19.1. The summed E-state index contributed by atoms with van der Waals surface area (Å²) in [6, 6.07) is 15.4. The van der Waals surface area contributed by atoms with E-state index in [0.29, 0.717) is 42.4 Å². The van der Waals surface area contributed by atoms with Gasteiger partial charge in [0.15, 0.2) is 0 Å². The van der Waals surface area contributed by atoms with E-state index < -0.39 is 0 Å². The molecule has 1 saturated heterocycles. The lowest BCUT2D eigenvalue weighted by molar-refractivity contribution is -0.146. The topological polar surface area (TPSA) is 67.2 Å². The number of imidazole rings is 1. The monoisotopic (exact) mass is 538 g/mol. The molecule has 2 aliphatic heterocycles. The Balaban J connectivity index is 1.19. The number of rotatable bonds is 5. The molecule has 2 aromatic heterocycles. The van der Waals surface area contributed by atoms with Gasteiger partial charge in [-0.25, -0.2) is 9.37 Å². The molecule has 3 aliphatic rings. The number of fused-ring (bicyclic) bond motifs is 2. The van der Waals surface area contributed by atoms with E-state index in [1.165, 1.54) is 24.3 Å². The van der Waals surface area contributed by atoms with Gasteiger partial charge in [-0.05, 0) is 73.1 Å². The normalized spacial score (nSPS) is 18.9. The number of carbonyl (C=O) groups excluding carboxylic acids is 2. The second kappa shape index (κ2) is 9.47. The molecule has 0 N–H and O–H groups in total. The number of nitrogens with zero attached hydrogens (tertiary/aromatic N) is 4. The molecule has 1 unspecified atom stereocenters. The van der Waals surface area contributed by atoms with Crippen LogP contribution in [0.25, 0.3) is 16.9 Å². The van der Waals surface area contributed by atoms with Gasteiger partial charge in [-0.2, -0.15) is 0 Å². The number of benzene rings is 2. The van der Waals surface area contributed by atoms with Gasteiger partial charge in [-0.1, -0.05) is 24.3 Å². The highest BCUT2D eigenvalue weighted by Gasteiger charge is 2.34. The summed E-state index contributed by atoms with van der Waals surface area (Å²) in [5, 5.41) is 0. The first-order chi connectivity index (χ1) is 19.4. The fraction of sp³-hybridized carbons (Fsp3) is 0.344. The van der Waals surface area contributed by atoms with E-state index in [1.54, 1.807) is 6.07 Å². The fourth-order valence-electron chi connectivity index (χ4n) is 6.20. The summed E-state index contributed by atoms with van der Waals surface area (Å²) < 4.78 is 22.1. The van der Waals surface area contributed by atoms with Crippen LogP contribution in [0.4, 0.5) is 10.1 Å². The lowest BCUT2D eigenvalue weighted by atomic mass is 9.93. The average Bonchev–Trinajstić information content (AvgIpc) is 3.70. The van der Waals surface area contributed by atoms with Crippen molar-refractivity contribution >= 4 is 23.2 Å². The lowest BCUT2D eigenvalue weighted by Crippen LogP contribution is -2.50. The van der Waals surface area contributed by atoms with Crippen molar-refractivity contribution < 1.29 is 18.7 Å². The maximum Gasteiger partial charge on any atom is 0.312 e. The molecule has 0 spiro atoms. The Hall–Kier alpha value is -4.20. The molecular weight excluding hydrogens is 507 g/mol. The number of aromatic nitrogens is 2. The predicted octanol–water partition coefficient (Wildman–Crippen LogP) is 5.39. The number of pyridine rings is 1. The van der Waals surface area contributed by atoms with Gasteiger partial charge >= 0.3 is 5.97 Å². The zero-order chi connectivity index (χ0) is 27.5. The minimum atomic E-state index is -0.368. The van der Waals surface area contributed by atoms with E-state index in [2.05, 4.69) is 25.1 Å². The van der Waals surface area contributed by atoms with Gasteiger partial charge in [0, 0.05) is 43.3 Å². The number of carbonyl (C=O) groups is 2. The molecule has 0 radical (unpaired) electrons. The van der Waals surface area contributed by atoms with Crippen molar-refractivity contribution in [2.75, 3.05) is 31.6 Å². The molecule has 0 bridgehead atoms. The van der Waals surface area contributed by atoms with Crippen LogP contribution in [-0.4, -0.2) is 52.9 Å². The fourth-order valence-corrected chi connectivity index (χ4v) is 6.20. The lowest BCUT2D eigenvalue weighted by Gasteiger charge is -2.39. The van der Waals surface area contributed by atoms with Gasteiger partial charge < -0.3 is 18.9 Å². The van der Waals surface area contributed by atoms with E-state index in [1.807, 2.05) is 44.8 Å². The molecule has 4 heterocycles. The number of ether oxygens (including phenoxy) is 1. The van der Waals surface area contributed by atoms with Crippen LogP contribution < -0.4 is 4.90 Å². The molecule has 7 rings (SSSR count). The van der Waals surface area contributed by atoms with Gasteiger partial charge in [0.1, 0.15) is 11.5 Å². The highest BCUT2D eigenvalue weighted by molar-refractivity contribution is 5.95. The number of hydrogen-bond acceptors (Lipinski definition) is 5. The molecule has 204 valence electrons. The van der Waals surface area contributed by atoms with E-state index in [9.17, 15) is 9.59 Å². The third-order valence-corrected chi connectivity index (χ3v) is 8.71. The highest BCUT2D eigenvalue weighted by Crippen LogP contribution is 2.43. The summed E-state index contributed by atoms with van der Waals surface area (Å²) in [6.07, 6.45) is 6.63. The molecule has 4 aromatic rings. The molecule has 1 saturated carbocycles. The summed E-state index contributed by atoms with van der Waals surface area (Å²) in [5.41, 5.74) is 6.64. The van der Waals surface area contributed by atoms with E-state index in [0.717, 1.165) is 36.2 Å². The Kier molecular flexibility index (Phi) is 5.87. The third-order valence-electron chi connectivity index (χ3n) is 8.71. The molecule has 8 heteroatoms. The molecule has 1 aliphatic carbocycles. The maximum absolute atomic E-state index is 15.4. The van der Waals surface area contributed by atoms with Crippen molar-refractivity contribution in [2.45, 2.75) is 38.1 Å². The predicted molar refractivity (Wildman–Crippen MR) is 150 cm³/mol. The van der Waals surface area contributed by atoms with Crippen molar-refractivity contribution in [3.8, 4) is 11.3 Å². The number of amides is 1. The SMILES string of the molecule is COC(=O)C1CN(c2ccc(-c3cn4cc(C(=O)N5CCc6ccccc6C5C)cc(C5CC5)c4n3)c(F)c2)C1. The van der Waals surface area contributed by atoms with Crippen molar-refractivity contribution in [3.05, 3.63) is 89.0 Å². The first-order valence-corrected chi connectivity index (χ1v) is 14.0. The van der Waals surface area contributed by atoms with Crippen molar-refractivity contribution in [1.29, 1.82) is 0 Å². The molecule has 7 nitrogen and oxygen atoms in total. The van der Waals surface area contributed by atoms with Crippen molar-refractivity contribution in [2.24, 2.45) is 5.92 Å². The number of anilines is 1. The average molecular weight is 539 g/mol. The maximum atomic E-state index is 15.4. The molecule has 2 fully saturated rings. The van der Waals surface area contributed by atoms with Crippen LogP contribution in [0.2, 0.25) is 0 Å². The van der Waals surface area contributed by atoms with Gasteiger partial charge in [0.05, 0.1) is 30.3 Å². The number of halogens is 1. The van der Waals surface area contributed by atoms with Crippen LogP contribution in [0.5, 0.6) is 0 Å². The Morgan fingerprint density at radius 3 is 2.58 bits per heavy atom. The summed E-state index contributed by atoms with van der Waals surface area (Å²) >= 11 is 0. The largest absolute Gasteiger partial charge is 0.469 e. The van der Waals surface area contributed by atoms with Crippen molar-refractivity contribution in [1.82, 2.24) is 14.3 Å². The zero-order valence-electron chi connectivity index (χ0n) is 22.6. The minimum Gasteiger partial charge on any atom is -0.469 e. The van der Waals surface area contributed by atoms with Crippen LogP contribution in [0.15, 0.2) is 60.9 Å². The summed E-state index contributed by atoms with van der Waals surface area (Å²) in [5.74, 6) is -0.399. The Morgan fingerprint density at radius 2 is 1.82 bits per heavy atom. The number of hydrogen-bond donors (Lipinski definition) is 0. The van der Waals surface area contributed by atoms with Crippen LogP contribution in [0, 0.1) is 11.7 Å². The number of methoxy groups -OCH3 is 1. The molecule has 2 aromatic carbocycles. The van der Waals surface area contributed by atoms with Crippen LogP contribution in [-0.2, 0) is 16.0 Å². The Morgan fingerprint density at radius 1 is 1.02 bits per heavy atom. The first kappa shape index (κ1) is 24.8. The van der Waals surface area contributed by atoms with E-state index >= 15 is 4.39 Å². The van der Waals surface area contributed by atoms with Gasteiger partial charge in [-0.15, -0.1) is 0 Å². The summed E-state index contributed by atoms with van der Waals surface area (Å²) in [6.45, 7) is 3.80. The molecule has 40 heavy (non-hydrogen) atoms. The second-order valence-corrected chi connectivity index (χ2v) is 11.2. The molecule has 1 amide bonds. The minimum absolute atomic E-state index is 0.00205.